The Morgan fingerprint density at radius 3 is 2.61 bits per heavy atom. The van der Waals surface area contributed by atoms with Gasteiger partial charge in [0, 0.05) is 29.8 Å². The number of nitrogens with zero attached hydrogens (tertiary/aromatic N) is 1. The van der Waals surface area contributed by atoms with Gasteiger partial charge in [0.2, 0.25) is 11.8 Å². The Kier molecular flexibility index (Phi) is 6.10. The molecule has 1 heterocycles. The minimum atomic E-state index is -0.178. The lowest BCUT2D eigenvalue weighted by molar-refractivity contribution is -0.131. The van der Waals surface area contributed by atoms with E-state index in [9.17, 15) is 9.59 Å². The third-order valence-corrected chi connectivity index (χ3v) is 4.96. The third-order valence-electron chi connectivity index (χ3n) is 3.86. The summed E-state index contributed by atoms with van der Waals surface area (Å²) in [6, 6.07) is 10.2. The van der Waals surface area contributed by atoms with Crippen molar-refractivity contribution in [3.05, 3.63) is 30.3 Å². The molecular weight excluding hydrogens is 308 g/mol. The standard InChI is InChI=1S/C18H26N2O2S/c1-18(2,3)20-13-14(12-17(20)22)19-16(21)10-7-11-23-15-8-5-4-6-9-15/h4-6,8-9,14H,7,10-13H2,1-3H3,(H,19,21). The highest BCUT2D eigenvalue weighted by molar-refractivity contribution is 7.99. The summed E-state index contributed by atoms with van der Waals surface area (Å²) in [5.74, 6) is 1.10. The van der Waals surface area contributed by atoms with Crippen molar-refractivity contribution in [3.8, 4) is 0 Å². The van der Waals surface area contributed by atoms with Crippen molar-refractivity contribution >= 4 is 23.6 Å². The van der Waals surface area contributed by atoms with Crippen LogP contribution < -0.4 is 5.32 Å². The minimum Gasteiger partial charge on any atom is -0.351 e. The number of hydrogen-bond acceptors (Lipinski definition) is 3. The summed E-state index contributed by atoms with van der Waals surface area (Å²) in [6.45, 7) is 6.69. The average molecular weight is 334 g/mol. The number of thioether (sulfide) groups is 1. The molecule has 4 nitrogen and oxygen atoms in total. The summed E-state index contributed by atoms with van der Waals surface area (Å²) in [7, 11) is 0. The lowest BCUT2D eigenvalue weighted by Crippen LogP contribution is -2.44. The van der Waals surface area contributed by atoms with Gasteiger partial charge in [0.15, 0.2) is 0 Å². The van der Waals surface area contributed by atoms with Gasteiger partial charge < -0.3 is 10.2 Å². The second-order valence-electron chi connectivity index (χ2n) is 6.91. The van der Waals surface area contributed by atoms with E-state index in [1.165, 1.54) is 4.90 Å². The number of nitrogens with one attached hydrogen (secondary N) is 1. The molecule has 0 aromatic heterocycles. The van der Waals surface area contributed by atoms with Crippen LogP contribution in [-0.4, -0.2) is 40.6 Å². The SMILES string of the molecule is CC(C)(C)N1CC(NC(=O)CCCSc2ccccc2)CC1=O. The van der Waals surface area contributed by atoms with Gasteiger partial charge >= 0.3 is 0 Å². The second kappa shape index (κ2) is 7.86. The lowest BCUT2D eigenvalue weighted by Gasteiger charge is -2.32. The quantitative estimate of drug-likeness (QED) is 0.642. The van der Waals surface area contributed by atoms with Gasteiger partial charge in [0.25, 0.3) is 0 Å². The molecule has 0 bridgehead atoms. The molecule has 1 atom stereocenters. The van der Waals surface area contributed by atoms with Crippen molar-refractivity contribution in [2.75, 3.05) is 12.3 Å². The first-order valence-electron chi connectivity index (χ1n) is 8.14. The zero-order chi connectivity index (χ0) is 16.9. The Balaban J connectivity index is 1.67. The number of hydrogen-bond donors (Lipinski definition) is 1. The van der Waals surface area contributed by atoms with Crippen molar-refractivity contribution < 1.29 is 9.59 Å². The molecule has 1 fully saturated rings. The van der Waals surface area contributed by atoms with Gasteiger partial charge in [0.1, 0.15) is 0 Å². The summed E-state index contributed by atoms with van der Waals surface area (Å²) in [4.78, 5) is 27.1. The maximum atomic E-state index is 12.0. The van der Waals surface area contributed by atoms with E-state index in [4.69, 9.17) is 0 Å². The summed E-state index contributed by atoms with van der Waals surface area (Å²) < 4.78 is 0. The topological polar surface area (TPSA) is 49.4 Å². The molecule has 1 saturated heterocycles. The molecule has 1 aliphatic heterocycles. The van der Waals surface area contributed by atoms with E-state index in [2.05, 4.69) is 17.4 Å². The first-order chi connectivity index (χ1) is 10.9. The first-order valence-corrected chi connectivity index (χ1v) is 9.12. The summed E-state index contributed by atoms with van der Waals surface area (Å²) >= 11 is 1.77. The van der Waals surface area contributed by atoms with Crippen LogP contribution in [0.4, 0.5) is 0 Å². The Bertz CT molecular complexity index is 540. The van der Waals surface area contributed by atoms with Crippen LogP contribution in [-0.2, 0) is 9.59 Å². The van der Waals surface area contributed by atoms with E-state index < -0.39 is 0 Å². The van der Waals surface area contributed by atoms with Crippen LogP contribution in [0.5, 0.6) is 0 Å². The van der Waals surface area contributed by atoms with Crippen LogP contribution in [0.3, 0.4) is 0 Å². The molecule has 0 aliphatic carbocycles. The molecule has 2 amide bonds. The van der Waals surface area contributed by atoms with Gasteiger partial charge in [-0.3, -0.25) is 9.59 Å². The van der Waals surface area contributed by atoms with Crippen molar-refractivity contribution in [2.45, 2.75) is 56.5 Å². The van der Waals surface area contributed by atoms with Crippen molar-refractivity contribution in [3.63, 3.8) is 0 Å². The van der Waals surface area contributed by atoms with Crippen LogP contribution in [0.15, 0.2) is 35.2 Å². The van der Waals surface area contributed by atoms with Crippen molar-refractivity contribution in [1.29, 1.82) is 0 Å². The Morgan fingerprint density at radius 2 is 2.00 bits per heavy atom. The largest absolute Gasteiger partial charge is 0.351 e. The van der Waals surface area contributed by atoms with Crippen LogP contribution in [0, 0.1) is 0 Å². The van der Waals surface area contributed by atoms with Crippen LogP contribution in [0.2, 0.25) is 0 Å². The molecule has 1 unspecified atom stereocenters. The molecule has 1 aromatic rings. The number of carbonyl (C=O) groups is 2. The molecule has 126 valence electrons. The maximum absolute atomic E-state index is 12.0. The molecule has 0 radical (unpaired) electrons. The second-order valence-corrected chi connectivity index (χ2v) is 8.08. The Hall–Kier alpha value is -1.49. The van der Waals surface area contributed by atoms with Gasteiger partial charge in [-0.2, -0.15) is 0 Å². The molecule has 0 spiro atoms. The van der Waals surface area contributed by atoms with Crippen LogP contribution in [0.25, 0.3) is 0 Å². The van der Waals surface area contributed by atoms with Crippen LogP contribution in [0.1, 0.15) is 40.0 Å². The fourth-order valence-electron chi connectivity index (χ4n) is 2.69. The maximum Gasteiger partial charge on any atom is 0.225 e. The molecule has 1 aromatic carbocycles. The normalized spacial score (nSPS) is 18.3. The van der Waals surface area contributed by atoms with Gasteiger partial charge in [-0.05, 0) is 45.1 Å². The van der Waals surface area contributed by atoms with Gasteiger partial charge in [-0.1, -0.05) is 18.2 Å². The van der Waals surface area contributed by atoms with Crippen LogP contribution >= 0.6 is 11.8 Å². The Labute approximate surface area is 143 Å². The molecule has 1 aliphatic rings. The highest BCUT2D eigenvalue weighted by Crippen LogP contribution is 2.22. The number of carbonyl (C=O) groups excluding carboxylic acids is 2. The monoisotopic (exact) mass is 334 g/mol. The molecular formula is C18H26N2O2S. The molecule has 5 heteroatoms. The fraction of sp³-hybridized carbons (Fsp3) is 0.556. The highest BCUT2D eigenvalue weighted by atomic mass is 32.2. The smallest absolute Gasteiger partial charge is 0.225 e. The molecule has 0 saturated carbocycles. The van der Waals surface area contributed by atoms with E-state index in [1.54, 1.807) is 11.8 Å². The average Bonchev–Trinajstić information content (AvgIpc) is 2.85. The highest BCUT2D eigenvalue weighted by Gasteiger charge is 2.36. The molecule has 2 rings (SSSR count). The zero-order valence-electron chi connectivity index (χ0n) is 14.2. The third kappa shape index (κ3) is 5.57. The minimum absolute atomic E-state index is 0.0454. The molecule has 1 N–H and O–H groups in total. The number of benzene rings is 1. The van der Waals surface area contributed by atoms with Crippen molar-refractivity contribution in [1.82, 2.24) is 10.2 Å². The van der Waals surface area contributed by atoms with E-state index >= 15 is 0 Å². The van der Waals surface area contributed by atoms with E-state index in [1.807, 2.05) is 43.9 Å². The summed E-state index contributed by atoms with van der Waals surface area (Å²) in [5.41, 5.74) is -0.178. The Morgan fingerprint density at radius 1 is 1.30 bits per heavy atom. The predicted molar refractivity (Wildman–Crippen MR) is 94.4 cm³/mol. The summed E-state index contributed by atoms with van der Waals surface area (Å²) in [6.07, 6.45) is 1.77. The zero-order valence-corrected chi connectivity index (χ0v) is 15.0. The fourth-order valence-corrected chi connectivity index (χ4v) is 3.57. The first kappa shape index (κ1) is 17.9. The van der Waals surface area contributed by atoms with E-state index in [-0.39, 0.29) is 23.4 Å². The van der Waals surface area contributed by atoms with Crippen molar-refractivity contribution in [2.24, 2.45) is 0 Å². The van der Waals surface area contributed by atoms with E-state index in [0.717, 1.165) is 12.2 Å². The molecule has 23 heavy (non-hydrogen) atoms. The lowest BCUT2D eigenvalue weighted by atomic mass is 10.1. The van der Waals surface area contributed by atoms with Gasteiger partial charge in [-0.25, -0.2) is 0 Å². The number of amides is 2. The van der Waals surface area contributed by atoms with E-state index in [0.29, 0.717) is 19.4 Å². The number of likely N-dealkylation sites (tertiary alicyclic amines) is 1. The van der Waals surface area contributed by atoms with Gasteiger partial charge in [-0.15, -0.1) is 11.8 Å². The predicted octanol–water partition coefficient (Wildman–Crippen LogP) is 3.07. The summed E-state index contributed by atoms with van der Waals surface area (Å²) in [5, 5.41) is 3.00. The van der Waals surface area contributed by atoms with Gasteiger partial charge in [0.05, 0.1) is 6.04 Å². The number of rotatable bonds is 6.